The van der Waals surface area contributed by atoms with Crippen LogP contribution >= 0.6 is 0 Å². The first-order valence-corrected chi connectivity index (χ1v) is 12.6. The van der Waals surface area contributed by atoms with Crippen molar-refractivity contribution in [3.05, 3.63) is 46.3 Å². The predicted molar refractivity (Wildman–Crippen MR) is 132 cm³/mol. The number of esters is 2. The fourth-order valence-electron chi connectivity index (χ4n) is 5.64. The lowest BCUT2D eigenvalue weighted by Gasteiger charge is -2.38. The molecule has 0 saturated heterocycles. The SMILES string of the molecule is CCOc1ccc([C@H]2C(C(=O)OC3CCCC3)=C(C)NC3=C2C(=O)[C@@H](C(=O)OC)[C@@H](C)C3)cc1OC. The van der Waals surface area contributed by atoms with Gasteiger partial charge in [-0.2, -0.15) is 0 Å². The first-order chi connectivity index (χ1) is 17.3. The van der Waals surface area contributed by atoms with E-state index in [9.17, 15) is 14.4 Å². The number of carbonyl (C=O) groups excluding carboxylic acids is 3. The maximum atomic E-state index is 13.9. The molecule has 8 heteroatoms. The third-order valence-electron chi connectivity index (χ3n) is 7.36. The van der Waals surface area contributed by atoms with Gasteiger partial charge in [-0.15, -0.1) is 0 Å². The average molecular weight is 498 g/mol. The van der Waals surface area contributed by atoms with Crippen LogP contribution in [-0.2, 0) is 23.9 Å². The first kappa shape index (κ1) is 25.8. The van der Waals surface area contributed by atoms with E-state index in [-0.39, 0.29) is 17.8 Å². The summed E-state index contributed by atoms with van der Waals surface area (Å²) in [5, 5.41) is 3.30. The second kappa shape index (κ2) is 10.8. The molecule has 1 aromatic rings. The maximum Gasteiger partial charge on any atom is 0.337 e. The summed E-state index contributed by atoms with van der Waals surface area (Å²) in [5.41, 5.74) is 2.83. The zero-order chi connectivity index (χ0) is 26.0. The number of methoxy groups -OCH3 is 2. The zero-order valence-corrected chi connectivity index (χ0v) is 21.6. The highest BCUT2D eigenvalue weighted by Crippen LogP contribution is 2.47. The van der Waals surface area contributed by atoms with E-state index >= 15 is 0 Å². The molecule has 3 atom stereocenters. The summed E-state index contributed by atoms with van der Waals surface area (Å²) in [6, 6.07) is 5.41. The molecule has 8 nitrogen and oxygen atoms in total. The van der Waals surface area contributed by atoms with E-state index in [2.05, 4.69) is 5.32 Å². The van der Waals surface area contributed by atoms with Gasteiger partial charge in [-0.05, 0) is 69.6 Å². The van der Waals surface area contributed by atoms with E-state index in [1.54, 1.807) is 19.2 Å². The van der Waals surface area contributed by atoms with Crippen molar-refractivity contribution in [2.75, 3.05) is 20.8 Å². The number of nitrogens with one attached hydrogen (secondary N) is 1. The van der Waals surface area contributed by atoms with Crippen LogP contribution < -0.4 is 14.8 Å². The number of ketones is 1. The second-order valence-corrected chi connectivity index (χ2v) is 9.69. The van der Waals surface area contributed by atoms with Crippen molar-refractivity contribution in [3.63, 3.8) is 0 Å². The summed E-state index contributed by atoms with van der Waals surface area (Å²) in [5.74, 6) is -2.18. The van der Waals surface area contributed by atoms with Gasteiger partial charge in [0.05, 0.1) is 26.4 Å². The molecule has 0 unspecified atom stereocenters. The molecule has 0 amide bonds. The molecule has 36 heavy (non-hydrogen) atoms. The molecule has 1 aromatic carbocycles. The van der Waals surface area contributed by atoms with E-state index < -0.39 is 23.8 Å². The Kier molecular flexibility index (Phi) is 7.71. The van der Waals surface area contributed by atoms with Gasteiger partial charge in [0, 0.05) is 22.9 Å². The van der Waals surface area contributed by atoms with Crippen LogP contribution in [-0.4, -0.2) is 44.7 Å². The molecule has 0 radical (unpaired) electrons. The van der Waals surface area contributed by atoms with Crippen molar-refractivity contribution in [1.29, 1.82) is 0 Å². The van der Waals surface area contributed by atoms with Crippen LogP contribution in [0.25, 0.3) is 0 Å². The van der Waals surface area contributed by atoms with E-state index in [1.165, 1.54) is 7.11 Å². The number of Topliss-reactive ketones (excluding diaryl/α,β-unsaturated/α-hetero) is 1. The Labute approximate surface area is 212 Å². The minimum atomic E-state index is -0.937. The number of allylic oxidation sites excluding steroid dienone is 3. The Bertz CT molecular complexity index is 1110. The smallest absolute Gasteiger partial charge is 0.337 e. The van der Waals surface area contributed by atoms with Crippen LogP contribution in [0.5, 0.6) is 11.5 Å². The van der Waals surface area contributed by atoms with Gasteiger partial charge >= 0.3 is 11.9 Å². The molecule has 1 saturated carbocycles. The van der Waals surface area contributed by atoms with Crippen LogP contribution in [0.1, 0.15) is 64.4 Å². The van der Waals surface area contributed by atoms with E-state index in [4.69, 9.17) is 18.9 Å². The van der Waals surface area contributed by atoms with E-state index in [0.29, 0.717) is 46.9 Å². The number of carbonyl (C=O) groups is 3. The number of ether oxygens (including phenoxy) is 4. The molecule has 0 aromatic heterocycles. The Morgan fingerprint density at radius 3 is 2.47 bits per heavy atom. The van der Waals surface area contributed by atoms with Crippen molar-refractivity contribution >= 4 is 17.7 Å². The lowest BCUT2D eigenvalue weighted by atomic mass is 9.69. The van der Waals surface area contributed by atoms with Crippen LogP contribution in [0.4, 0.5) is 0 Å². The lowest BCUT2D eigenvalue weighted by molar-refractivity contribution is -0.151. The molecule has 0 bridgehead atoms. The lowest BCUT2D eigenvalue weighted by Crippen LogP contribution is -2.43. The molecular formula is C28H35NO7. The molecule has 1 fully saturated rings. The molecule has 3 aliphatic rings. The maximum absolute atomic E-state index is 13.9. The Morgan fingerprint density at radius 2 is 1.83 bits per heavy atom. The fourth-order valence-corrected chi connectivity index (χ4v) is 5.64. The summed E-state index contributed by atoms with van der Waals surface area (Å²) >= 11 is 0. The number of benzene rings is 1. The van der Waals surface area contributed by atoms with Crippen LogP contribution in [0.2, 0.25) is 0 Å². The quantitative estimate of drug-likeness (QED) is 0.442. The summed E-state index contributed by atoms with van der Waals surface area (Å²) in [4.78, 5) is 40.1. The van der Waals surface area contributed by atoms with Crippen LogP contribution in [0.3, 0.4) is 0 Å². The first-order valence-electron chi connectivity index (χ1n) is 12.6. The van der Waals surface area contributed by atoms with Gasteiger partial charge in [-0.25, -0.2) is 4.79 Å². The summed E-state index contributed by atoms with van der Waals surface area (Å²) in [7, 11) is 2.83. The number of hydrogen-bond donors (Lipinski definition) is 1. The average Bonchev–Trinajstić information content (AvgIpc) is 3.36. The van der Waals surface area contributed by atoms with Crippen molar-refractivity contribution < 1.29 is 33.3 Å². The monoisotopic (exact) mass is 497 g/mol. The number of rotatable bonds is 7. The molecule has 0 spiro atoms. The van der Waals surface area contributed by atoms with Gasteiger partial charge < -0.3 is 24.3 Å². The molecule has 2 aliphatic carbocycles. The number of hydrogen-bond acceptors (Lipinski definition) is 8. The molecule has 1 aliphatic heterocycles. The fraction of sp³-hybridized carbons (Fsp3) is 0.536. The minimum Gasteiger partial charge on any atom is -0.493 e. The molecular weight excluding hydrogens is 462 g/mol. The normalized spacial score (nSPS) is 24.2. The highest BCUT2D eigenvalue weighted by Gasteiger charge is 2.47. The number of dihydropyridines is 1. The van der Waals surface area contributed by atoms with Gasteiger partial charge in [-0.1, -0.05) is 13.0 Å². The van der Waals surface area contributed by atoms with Crippen LogP contribution in [0.15, 0.2) is 40.7 Å². The highest BCUT2D eigenvalue weighted by molar-refractivity contribution is 6.12. The van der Waals surface area contributed by atoms with Gasteiger partial charge in [0.1, 0.15) is 12.0 Å². The van der Waals surface area contributed by atoms with Crippen molar-refractivity contribution in [2.24, 2.45) is 11.8 Å². The van der Waals surface area contributed by atoms with Gasteiger partial charge in [0.15, 0.2) is 17.3 Å². The summed E-state index contributed by atoms with van der Waals surface area (Å²) in [6.07, 6.45) is 4.08. The van der Waals surface area contributed by atoms with Crippen molar-refractivity contribution in [2.45, 2.75) is 64.9 Å². The summed E-state index contributed by atoms with van der Waals surface area (Å²) in [6.45, 7) is 6.04. The molecule has 1 heterocycles. The third kappa shape index (κ3) is 4.73. The molecule has 1 N–H and O–H groups in total. The van der Waals surface area contributed by atoms with Crippen molar-refractivity contribution in [1.82, 2.24) is 5.32 Å². The van der Waals surface area contributed by atoms with Gasteiger partial charge in [0.2, 0.25) is 0 Å². The third-order valence-corrected chi connectivity index (χ3v) is 7.36. The molecule has 194 valence electrons. The largest absolute Gasteiger partial charge is 0.493 e. The van der Waals surface area contributed by atoms with Gasteiger partial charge in [-0.3, -0.25) is 9.59 Å². The standard InChI is InChI=1S/C28H35NO7/c1-6-35-20-12-11-17(14-21(20)33-4)24-23(28(32)36-18-9-7-8-10-18)16(3)29-19-13-15(2)22(27(31)34-5)26(30)25(19)24/h11-12,14-15,18,22,24,29H,6-10,13H2,1-5H3/t15-,22-,24-/m0/s1. The Hall–Kier alpha value is -3.29. The van der Waals surface area contributed by atoms with Gasteiger partial charge in [0.25, 0.3) is 0 Å². The van der Waals surface area contributed by atoms with Crippen LogP contribution in [0, 0.1) is 11.8 Å². The van der Waals surface area contributed by atoms with Crippen molar-refractivity contribution in [3.8, 4) is 11.5 Å². The zero-order valence-electron chi connectivity index (χ0n) is 21.6. The Balaban J connectivity index is 1.84. The Morgan fingerprint density at radius 1 is 1.11 bits per heavy atom. The van der Waals surface area contributed by atoms with E-state index in [1.807, 2.05) is 26.8 Å². The molecule has 4 rings (SSSR count). The predicted octanol–water partition coefficient (Wildman–Crippen LogP) is 4.19. The summed E-state index contributed by atoms with van der Waals surface area (Å²) < 4.78 is 22.1. The minimum absolute atomic E-state index is 0.131. The second-order valence-electron chi connectivity index (χ2n) is 9.69. The highest BCUT2D eigenvalue weighted by atomic mass is 16.5. The topological polar surface area (TPSA) is 100 Å². The van der Waals surface area contributed by atoms with E-state index in [0.717, 1.165) is 31.4 Å².